The maximum absolute atomic E-state index is 9.00. The highest BCUT2D eigenvalue weighted by atomic mass is 16.3. The van der Waals surface area contributed by atoms with Gasteiger partial charge in [0.15, 0.2) is 0 Å². The van der Waals surface area contributed by atoms with Gasteiger partial charge < -0.3 is 15.3 Å². The first-order valence-electron chi connectivity index (χ1n) is 8.04. The second-order valence-electron chi connectivity index (χ2n) is 5.63. The highest BCUT2D eigenvalue weighted by Gasteiger charge is 2.18. The Morgan fingerprint density at radius 3 is 2.57 bits per heavy atom. The minimum atomic E-state index is 0.218. The predicted molar refractivity (Wildman–Crippen MR) is 91.5 cm³/mol. The summed E-state index contributed by atoms with van der Waals surface area (Å²) >= 11 is 0. The van der Waals surface area contributed by atoms with Gasteiger partial charge in [-0.1, -0.05) is 30.3 Å². The molecule has 1 fully saturated rings. The summed E-state index contributed by atoms with van der Waals surface area (Å²) in [5, 5.41) is 12.4. The van der Waals surface area contributed by atoms with Crippen LogP contribution in [0.3, 0.4) is 0 Å². The third-order valence-corrected chi connectivity index (χ3v) is 4.03. The summed E-state index contributed by atoms with van der Waals surface area (Å²) in [5.41, 5.74) is 1.23. The van der Waals surface area contributed by atoms with Gasteiger partial charge in [-0.2, -0.15) is 4.98 Å². The van der Waals surface area contributed by atoms with Crippen LogP contribution in [0.5, 0.6) is 0 Å². The average Bonchev–Trinajstić information content (AvgIpc) is 2.62. The van der Waals surface area contributed by atoms with Crippen molar-refractivity contribution in [3.8, 4) is 0 Å². The minimum Gasteiger partial charge on any atom is -0.395 e. The number of hydrogen-bond acceptors (Lipinski definition) is 6. The van der Waals surface area contributed by atoms with Crippen molar-refractivity contribution in [1.82, 2.24) is 14.9 Å². The van der Waals surface area contributed by atoms with Gasteiger partial charge in [-0.05, 0) is 11.6 Å². The van der Waals surface area contributed by atoms with Crippen molar-refractivity contribution in [3.05, 3.63) is 48.2 Å². The molecule has 0 saturated carbocycles. The third-order valence-electron chi connectivity index (χ3n) is 4.03. The number of hydrogen-bond donors (Lipinski definition) is 2. The summed E-state index contributed by atoms with van der Waals surface area (Å²) in [6.07, 6.45) is 1.80. The summed E-state index contributed by atoms with van der Waals surface area (Å²) in [6, 6.07) is 12.2. The largest absolute Gasteiger partial charge is 0.395 e. The molecule has 2 aromatic rings. The van der Waals surface area contributed by atoms with E-state index in [2.05, 4.69) is 37.2 Å². The monoisotopic (exact) mass is 313 g/mol. The molecule has 3 rings (SSSR count). The molecule has 1 saturated heterocycles. The van der Waals surface area contributed by atoms with Gasteiger partial charge in [0.05, 0.1) is 6.61 Å². The fourth-order valence-electron chi connectivity index (χ4n) is 2.70. The first-order valence-corrected chi connectivity index (χ1v) is 8.04. The van der Waals surface area contributed by atoms with Gasteiger partial charge in [-0.15, -0.1) is 0 Å². The van der Waals surface area contributed by atoms with Crippen LogP contribution >= 0.6 is 0 Å². The zero-order valence-electron chi connectivity index (χ0n) is 13.2. The number of aliphatic hydroxyl groups excluding tert-OH is 1. The van der Waals surface area contributed by atoms with Crippen molar-refractivity contribution in [2.75, 3.05) is 49.5 Å². The molecule has 6 nitrogen and oxygen atoms in total. The van der Waals surface area contributed by atoms with Crippen LogP contribution in [0, 0.1) is 0 Å². The van der Waals surface area contributed by atoms with Crippen LogP contribution in [0.15, 0.2) is 42.6 Å². The normalized spacial score (nSPS) is 15.6. The third kappa shape index (κ3) is 4.40. The molecule has 1 aliphatic heterocycles. The summed E-state index contributed by atoms with van der Waals surface area (Å²) in [7, 11) is 0. The van der Waals surface area contributed by atoms with E-state index in [1.807, 2.05) is 24.3 Å². The van der Waals surface area contributed by atoms with Crippen LogP contribution in [0.25, 0.3) is 0 Å². The van der Waals surface area contributed by atoms with Crippen LogP contribution in [0.1, 0.15) is 5.56 Å². The second-order valence-corrected chi connectivity index (χ2v) is 5.63. The first kappa shape index (κ1) is 15.7. The number of anilines is 2. The SMILES string of the molecule is OCCN1CCN(c2nccc(NCc3ccccc3)n2)CC1. The van der Waals surface area contributed by atoms with Crippen molar-refractivity contribution >= 4 is 11.8 Å². The maximum atomic E-state index is 9.00. The quantitative estimate of drug-likeness (QED) is 0.835. The molecule has 0 spiro atoms. The Morgan fingerprint density at radius 1 is 1.04 bits per heavy atom. The van der Waals surface area contributed by atoms with E-state index >= 15 is 0 Å². The Hall–Kier alpha value is -2.18. The molecule has 0 bridgehead atoms. The zero-order chi connectivity index (χ0) is 15.9. The lowest BCUT2D eigenvalue weighted by molar-refractivity contribution is 0.188. The first-order chi connectivity index (χ1) is 11.3. The number of rotatable bonds is 6. The molecule has 0 amide bonds. The van der Waals surface area contributed by atoms with Crippen molar-refractivity contribution in [1.29, 1.82) is 0 Å². The maximum Gasteiger partial charge on any atom is 0.227 e. The van der Waals surface area contributed by atoms with E-state index < -0.39 is 0 Å². The van der Waals surface area contributed by atoms with E-state index in [1.54, 1.807) is 6.20 Å². The van der Waals surface area contributed by atoms with Gasteiger partial charge in [-0.25, -0.2) is 4.98 Å². The number of nitrogens with zero attached hydrogens (tertiary/aromatic N) is 4. The molecule has 2 N–H and O–H groups in total. The van der Waals surface area contributed by atoms with Crippen LogP contribution in [0.2, 0.25) is 0 Å². The molecular formula is C17H23N5O. The summed E-state index contributed by atoms with van der Waals surface area (Å²) < 4.78 is 0. The molecule has 1 aromatic heterocycles. The molecule has 1 aliphatic rings. The average molecular weight is 313 g/mol. The number of aliphatic hydroxyl groups is 1. The highest BCUT2D eigenvalue weighted by molar-refractivity contribution is 5.42. The molecule has 0 unspecified atom stereocenters. The molecule has 0 atom stereocenters. The Labute approximate surface area is 136 Å². The van der Waals surface area contributed by atoms with Crippen LogP contribution in [-0.4, -0.2) is 59.3 Å². The zero-order valence-corrected chi connectivity index (χ0v) is 13.2. The number of benzene rings is 1. The van der Waals surface area contributed by atoms with Crippen molar-refractivity contribution in [3.63, 3.8) is 0 Å². The lowest BCUT2D eigenvalue weighted by Crippen LogP contribution is -2.47. The summed E-state index contributed by atoms with van der Waals surface area (Å²) in [4.78, 5) is 13.5. The van der Waals surface area contributed by atoms with Crippen LogP contribution in [0.4, 0.5) is 11.8 Å². The summed E-state index contributed by atoms with van der Waals surface area (Å²) in [6.45, 7) is 5.37. The topological polar surface area (TPSA) is 64.5 Å². The predicted octanol–water partition coefficient (Wildman–Crippen LogP) is 1.20. The van der Waals surface area contributed by atoms with Gasteiger partial charge >= 0.3 is 0 Å². The standard InChI is InChI=1S/C17H23N5O/c23-13-12-21-8-10-22(11-9-21)17-18-7-6-16(20-17)19-14-15-4-2-1-3-5-15/h1-7,23H,8-14H2,(H,18,19,20). The fourth-order valence-corrected chi connectivity index (χ4v) is 2.70. The fraction of sp³-hybridized carbons (Fsp3) is 0.412. The molecule has 2 heterocycles. The molecule has 1 aromatic carbocycles. The van der Waals surface area contributed by atoms with Crippen molar-refractivity contribution in [2.45, 2.75) is 6.54 Å². The van der Waals surface area contributed by atoms with Gasteiger partial charge in [0, 0.05) is 45.5 Å². The molecule has 0 aliphatic carbocycles. The molecule has 0 radical (unpaired) electrons. The molecule has 6 heteroatoms. The van der Waals surface area contributed by atoms with Crippen molar-refractivity contribution in [2.24, 2.45) is 0 Å². The van der Waals surface area contributed by atoms with Gasteiger partial charge in [0.25, 0.3) is 0 Å². The lowest BCUT2D eigenvalue weighted by Gasteiger charge is -2.34. The van der Waals surface area contributed by atoms with Crippen LogP contribution in [-0.2, 0) is 6.54 Å². The van der Waals surface area contributed by atoms with Crippen LogP contribution < -0.4 is 10.2 Å². The number of β-amino-alcohol motifs (C(OH)–C–C–N with tert-alkyl or cyclic N) is 1. The van der Waals surface area contributed by atoms with Crippen molar-refractivity contribution < 1.29 is 5.11 Å². The van der Waals surface area contributed by atoms with E-state index in [-0.39, 0.29) is 6.61 Å². The van der Waals surface area contributed by atoms with E-state index in [4.69, 9.17) is 5.11 Å². The Kier molecular flexibility index (Phi) is 5.39. The molecular weight excluding hydrogens is 290 g/mol. The van der Waals surface area contributed by atoms with Gasteiger partial charge in [0.2, 0.25) is 5.95 Å². The number of aromatic nitrogens is 2. The number of piperazine rings is 1. The summed E-state index contributed by atoms with van der Waals surface area (Å²) in [5.74, 6) is 1.61. The minimum absolute atomic E-state index is 0.218. The van der Waals surface area contributed by atoms with E-state index in [0.29, 0.717) is 0 Å². The Morgan fingerprint density at radius 2 is 1.83 bits per heavy atom. The van der Waals surface area contributed by atoms with E-state index in [0.717, 1.165) is 51.0 Å². The Balaban J connectivity index is 1.57. The molecule has 23 heavy (non-hydrogen) atoms. The van der Waals surface area contributed by atoms with Gasteiger partial charge in [-0.3, -0.25) is 4.90 Å². The molecule has 122 valence electrons. The van der Waals surface area contributed by atoms with Gasteiger partial charge in [0.1, 0.15) is 5.82 Å². The van der Waals surface area contributed by atoms with E-state index in [9.17, 15) is 0 Å². The Bertz CT molecular complexity index is 599. The highest BCUT2D eigenvalue weighted by Crippen LogP contribution is 2.14. The smallest absolute Gasteiger partial charge is 0.227 e. The second kappa shape index (κ2) is 7.89. The number of nitrogens with one attached hydrogen (secondary N) is 1. The lowest BCUT2D eigenvalue weighted by atomic mass is 10.2. The van der Waals surface area contributed by atoms with E-state index in [1.165, 1.54) is 5.56 Å².